The van der Waals surface area contributed by atoms with Gasteiger partial charge in [-0.1, -0.05) is 13.8 Å². The fraction of sp³-hybridized carbons (Fsp3) is 0.818. The average Bonchev–Trinajstić information content (AvgIpc) is 2.97. The third kappa shape index (κ3) is 3.53. The number of hydrogen-bond acceptors (Lipinski definition) is 3. The molecular formula is C11H19NO3. The van der Waals surface area contributed by atoms with Crippen molar-refractivity contribution >= 4 is 11.9 Å². The number of nitrogens with one attached hydrogen (secondary N) is 1. The van der Waals surface area contributed by atoms with Crippen molar-refractivity contribution in [2.24, 2.45) is 11.3 Å². The summed E-state index contributed by atoms with van der Waals surface area (Å²) in [7, 11) is 0. The summed E-state index contributed by atoms with van der Waals surface area (Å²) in [6, 6.07) is 0. The Labute approximate surface area is 90.4 Å². The average molecular weight is 213 g/mol. The zero-order chi connectivity index (χ0) is 11.5. The lowest BCUT2D eigenvalue weighted by molar-refractivity contribution is -0.154. The summed E-state index contributed by atoms with van der Waals surface area (Å²) in [5.41, 5.74) is 0.0855. The molecule has 0 aromatic carbocycles. The molecule has 1 fully saturated rings. The molecule has 15 heavy (non-hydrogen) atoms. The van der Waals surface area contributed by atoms with Gasteiger partial charge in [0, 0.05) is 6.54 Å². The van der Waals surface area contributed by atoms with E-state index in [-0.39, 0.29) is 12.0 Å². The number of hydrogen-bond donors (Lipinski definition) is 1. The van der Waals surface area contributed by atoms with Crippen LogP contribution in [0.1, 0.15) is 33.6 Å². The minimum absolute atomic E-state index is 0.0855. The van der Waals surface area contributed by atoms with E-state index < -0.39 is 11.9 Å². The van der Waals surface area contributed by atoms with Crippen molar-refractivity contribution in [1.29, 1.82) is 0 Å². The topological polar surface area (TPSA) is 55.4 Å². The van der Waals surface area contributed by atoms with E-state index in [1.165, 1.54) is 12.8 Å². The van der Waals surface area contributed by atoms with Gasteiger partial charge in [0.15, 0.2) is 0 Å². The highest BCUT2D eigenvalue weighted by molar-refractivity contribution is 6.32. The predicted molar refractivity (Wildman–Crippen MR) is 56.1 cm³/mol. The number of esters is 1. The zero-order valence-electron chi connectivity index (χ0n) is 9.63. The van der Waals surface area contributed by atoms with Crippen LogP contribution in [0, 0.1) is 11.3 Å². The van der Waals surface area contributed by atoms with Gasteiger partial charge in [-0.2, -0.15) is 0 Å². The third-order valence-electron chi connectivity index (χ3n) is 2.85. The van der Waals surface area contributed by atoms with Gasteiger partial charge < -0.3 is 10.1 Å². The van der Waals surface area contributed by atoms with Crippen molar-refractivity contribution < 1.29 is 14.3 Å². The van der Waals surface area contributed by atoms with Gasteiger partial charge in [-0.15, -0.1) is 0 Å². The molecule has 4 nitrogen and oxygen atoms in total. The number of ether oxygens (including phenoxy) is 1. The molecule has 0 aliphatic heterocycles. The van der Waals surface area contributed by atoms with Gasteiger partial charge >= 0.3 is 11.9 Å². The minimum Gasteiger partial charge on any atom is -0.459 e. The van der Waals surface area contributed by atoms with Crippen molar-refractivity contribution in [3.8, 4) is 0 Å². The maximum Gasteiger partial charge on any atom is 0.396 e. The van der Waals surface area contributed by atoms with Gasteiger partial charge in [-0.05, 0) is 31.1 Å². The normalized spacial score (nSPS) is 15.9. The lowest BCUT2D eigenvalue weighted by Gasteiger charge is -2.24. The number of amides is 1. The molecule has 0 aromatic rings. The van der Waals surface area contributed by atoms with Gasteiger partial charge in [0.25, 0.3) is 0 Å². The molecule has 1 aliphatic rings. The first-order chi connectivity index (χ1) is 6.97. The van der Waals surface area contributed by atoms with Gasteiger partial charge in [0.2, 0.25) is 0 Å². The molecule has 0 radical (unpaired) electrons. The van der Waals surface area contributed by atoms with Crippen molar-refractivity contribution in [2.45, 2.75) is 33.6 Å². The van der Waals surface area contributed by atoms with Crippen LogP contribution in [0.4, 0.5) is 0 Å². The van der Waals surface area contributed by atoms with Gasteiger partial charge in [0.1, 0.15) is 0 Å². The SMILES string of the molecule is CCOC(=O)C(=O)NCC(C)(C)C1CC1. The van der Waals surface area contributed by atoms with Gasteiger partial charge in [-0.3, -0.25) is 4.79 Å². The second-order valence-corrected chi connectivity index (χ2v) is 4.67. The summed E-state index contributed by atoms with van der Waals surface area (Å²) in [5.74, 6) is -0.741. The highest BCUT2D eigenvalue weighted by Crippen LogP contribution is 2.44. The minimum atomic E-state index is -0.788. The van der Waals surface area contributed by atoms with Gasteiger partial charge in [0.05, 0.1) is 6.61 Å². The fourth-order valence-corrected chi connectivity index (χ4v) is 1.59. The maximum atomic E-state index is 11.2. The van der Waals surface area contributed by atoms with E-state index >= 15 is 0 Å². The van der Waals surface area contributed by atoms with E-state index in [4.69, 9.17) is 0 Å². The Morgan fingerprint density at radius 2 is 2.00 bits per heavy atom. The van der Waals surface area contributed by atoms with Crippen LogP contribution < -0.4 is 5.32 Å². The Kier molecular flexibility index (Phi) is 3.72. The summed E-state index contributed by atoms with van der Waals surface area (Å²) < 4.78 is 4.59. The molecule has 0 bridgehead atoms. The maximum absolute atomic E-state index is 11.2. The Morgan fingerprint density at radius 3 is 2.47 bits per heavy atom. The fourth-order valence-electron chi connectivity index (χ4n) is 1.59. The molecule has 1 rings (SSSR count). The van der Waals surface area contributed by atoms with E-state index in [0.717, 1.165) is 0 Å². The summed E-state index contributed by atoms with van der Waals surface area (Å²) in [6.07, 6.45) is 2.45. The van der Waals surface area contributed by atoms with Crippen LogP contribution in [0.15, 0.2) is 0 Å². The second-order valence-electron chi connectivity index (χ2n) is 4.67. The van der Waals surface area contributed by atoms with Crippen LogP contribution in [0.25, 0.3) is 0 Å². The Hall–Kier alpha value is -1.06. The summed E-state index contributed by atoms with van der Waals surface area (Å²) >= 11 is 0. The molecule has 0 atom stereocenters. The molecule has 0 heterocycles. The van der Waals surface area contributed by atoms with E-state index in [1.807, 2.05) is 0 Å². The van der Waals surface area contributed by atoms with E-state index in [2.05, 4.69) is 23.9 Å². The molecule has 0 unspecified atom stereocenters. The number of rotatable bonds is 4. The standard InChI is InChI=1S/C11H19NO3/c1-4-15-10(14)9(13)12-7-11(2,3)8-5-6-8/h8H,4-7H2,1-3H3,(H,12,13). The highest BCUT2D eigenvalue weighted by atomic mass is 16.5. The first kappa shape index (κ1) is 12.0. The Morgan fingerprint density at radius 1 is 1.40 bits per heavy atom. The third-order valence-corrected chi connectivity index (χ3v) is 2.85. The lowest BCUT2D eigenvalue weighted by atomic mass is 9.87. The van der Waals surface area contributed by atoms with Crippen LogP contribution in [0.3, 0.4) is 0 Å². The Bertz CT molecular complexity index is 257. The number of carbonyl (C=O) groups is 2. The molecule has 1 aliphatic carbocycles. The molecule has 86 valence electrons. The molecule has 0 saturated heterocycles. The quantitative estimate of drug-likeness (QED) is 0.562. The molecule has 1 saturated carbocycles. The largest absolute Gasteiger partial charge is 0.459 e. The highest BCUT2D eigenvalue weighted by Gasteiger charge is 2.38. The summed E-state index contributed by atoms with van der Waals surface area (Å²) in [6.45, 7) is 6.67. The predicted octanol–water partition coefficient (Wildman–Crippen LogP) is 1.10. The first-order valence-corrected chi connectivity index (χ1v) is 5.42. The van der Waals surface area contributed by atoms with E-state index in [9.17, 15) is 9.59 Å². The van der Waals surface area contributed by atoms with Crippen LogP contribution in [0.2, 0.25) is 0 Å². The number of carbonyl (C=O) groups excluding carboxylic acids is 2. The molecule has 1 amide bonds. The van der Waals surface area contributed by atoms with E-state index in [1.54, 1.807) is 6.92 Å². The summed E-state index contributed by atoms with van der Waals surface area (Å²) in [4.78, 5) is 22.2. The summed E-state index contributed by atoms with van der Waals surface area (Å²) in [5, 5.41) is 2.62. The zero-order valence-corrected chi connectivity index (χ0v) is 9.63. The van der Waals surface area contributed by atoms with Crippen LogP contribution >= 0.6 is 0 Å². The molecule has 1 N–H and O–H groups in total. The molecule has 4 heteroatoms. The molecule has 0 spiro atoms. The van der Waals surface area contributed by atoms with Crippen molar-refractivity contribution in [1.82, 2.24) is 5.32 Å². The van der Waals surface area contributed by atoms with Gasteiger partial charge in [-0.25, -0.2) is 4.79 Å². The monoisotopic (exact) mass is 213 g/mol. The lowest BCUT2D eigenvalue weighted by Crippen LogP contribution is -2.39. The van der Waals surface area contributed by atoms with Crippen molar-refractivity contribution in [3.63, 3.8) is 0 Å². The molecular weight excluding hydrogens is 194 g/mol. The smallest absolute Gasteiger partial charge is 0.396 e. The van der Waals surface area contributed by atoms with Crippen molar-refractivity contribution in [3.05, 3.63) is 0 Å². The Balaban J connectivity index is 2.29. The van der Waals surface area contributed by atoms with Crippen LogP contribution in [-0.4, -0.2) is 25.0 Å². The van der Waals surface area contributed by atoms with Crippen molar-refractivity contribution in [2.75, 3.05) is 13.2 Å². The van der Waals surface area contributed by atoms with Crippen LogP contribution in [-0.2, 0) is 14.3 Å². The van der Waals surface area contributed by atoms with E-state index in [0.29, 0.717) is 12.5 Å². The first-order valence-electron chi connectivity index (χ1n) is 5.42. The van der Waals surface area contributed by atoms with Crippen LogP contribution in [0.5, 0.6) is 0 Å². The molecule has 0 aromatic heterocycles. The second kappa shape index (κ2) is 4.64.